The van der Waals surface area contributed by atoms with Crippen LogP contribution in [0.3, 0.4) is 0 Å². The normalized spacial score (nSPS) is 26.3. The van der Waals surface area contributed by atoms with Crippen LogP contribution in [0.25, 0.3) is 0 Å². The van der Waals surface area contributed by atoms with Gasteiger partial charge in [-0.25, -0.2) is 8.42 Å². The lowest BCUT2D eigenvalue weighted by molar-refractivity contribution is -0.141. The molecule has 1 saturated heterocycles. The third-order valence-electron chi connectivity index (χ3n) is 2.66. The van der Waals surface area contributed by atoms with Gasteiger partial charge in [0.1, 0.15) is 0 Å². The van der Waals surface area contributed by atoms with Crippen LogP contribution < -0.4 is 5.32 Å². The zero-order chi connectivity index (χ0) is 11.5. The predicted molar refractivity (Wildman–Crippen MR) is 56.5 cm³/mol. The lowest BCUT2D eigenvalue weighted by Crippen LogP contribution is -2.32. The zero-order valence-corrected chi connectivity index (χ0v) is 9.59. The molecule has 5 nitrogen and oxygen atoms in total. The Balaban J connectivity index is 2.20. The molecule has 0 aromatic rings. The van der Waals surface area contributed by atoms with Gasteiger partial charge in [0.05, 0.1) is 17.4 Å². The Bertz CT molecular complexity index is 325. The minimum atomic E-state index is -2.84. The molecular weight excluding hydrogens is 218 g/mol. The minimum absolute atomic E-state index is 0.0102. The first-order valence-electron chi connectivity index (χ1n) is 5.07. The van der Waals surface area contributed by atoms with E-state index in [1.807, 2.05) is 0 Å². The standard InChI is InChI=1S/C9H17NO4S/c1-7(9(11)12)2-4-10-8-3-5-15(13,14)6-8/h7-8,10H,2-6H2,1H3,(H,11,12). The molecule has 0 spiro atoms. The largest absolute Gasteiger partial charge is 0.481 e. The quantitative estimate of drug-likeness (QED) is 0.693. The van der Waals surface area contributed by atoms with E-state index in [9.17, 15) is 13.2 Å². The van der Waals surface area contributed by atoms with E-state index in [2.05, 4.69) is 5.32 Å². The first kappa shape index (κ1) is 12.4. The highest BCUT2D eigenvalue weighted by molar-refractivity contribution is 7.91. The van der Waals surface area contributed by atoms with E-state index in [4.69, 9.17) is 5.11 Å². The van der Waals surface area contributed by atoms with Gasteiger partial charge in [0.15, 0.2) is 9.84 Å². The summed E-state index contributed by atoms with van der Waals surface area (Å²) in [6.07, 6.45) is 1.18. The second-order valence-corrected chi connectivity index (χ2v) is 6.31. The Kier molecular flexibility index (Phi) is 4.10. The van der Waals surface area contributed by atoms with E-state index in [0.29, 0.717) is 19.4 Å². The van der Waals surface area contributed by atoms with E-state index >= 15 is 0 Å². The third kappa shape index (κ3) is 4.17. The minimum Gasteiger partial charge on any atom is -0.481 e. The molecule has 15 heavy (non-hydrogen) atoms. The van der Waals surface area contributed by atoms with Crippen LogP contribution in [0.15, 0.2) is 0 Å². The molecule has 0 bridgehead atoms. The number of sulfone groups is 1. The first-order valence-corrected chi connectivity index (χ1v) is 6.89. The van der Waals surface area contributed by atoms with Gasteiger partial charge in [0.2, 0.25) is 0 Å². The zero-order valence-electron chi connectivity index (χ0n) is 8.77. The fraction of sp³-hybridized carbons (Fsp3) is 0.889. The van der Waals surface area contributed by atoms with Crippen LogP contribution >= 0.6 is 0 Å². The molecule has 0 amide bonds. The average molecular weight is 235 g/mol. The summed E-state index contributed by atoms with van der Waals surface area (Å²) in [5, 5.41) is 11.7. The third-order valence-corrected chi connectivity index (χ3v) is 4.43. The van der Waals surface area contributed by atoms with Gasteiger partial charge < -0.3 is 10.4 Å². The first-order chi connectivity index (χ1) is 6.91. The average Bonchev–Trinajstić information content (AvgIpc) is 2.45. The number of carboxylic acid groups (broad SMARTS) is 1. The second kappa shape index (κ2) is 4.94. The highest BCUT2D eigenvalue weighted by Gasteiger charge is 2.27. The van der Waals surface area contributed by atoms with E-state index in [1.54, 1.807) is 6.92 Å². The summed E-state index contributed by atoms with van der Waals surface area (Å²) in [5.41, 5.74) is 0. The van der Waals surface area contributed by atoms with Crippen LogP contribution in [-0.4, -0.2) is 43.6 Å². The highest BCUT2D eigenvalue weighted by Crippen LogP contribution is 2.11. The van der Waals surface area contributed by atoms with Crippen molar-refractivity contribution in [1.82, 2.24) is 5.32 Å². The maximum absolute atomic E-state index is 11.1. The van der Waals surface area contributed by atoms with Crippen molar-refractivity contribution in [2.45, 2.75) is 25.8 Å². The summed E-state index contributed by atoms with van der Waals surface area (Å²) in [6, 6.07) is 0.0102. The number of rotatable bonds is 5. The molecule has 2 unspecified atom stereocenters. The molecule has 6 heteroatoms. The molecule has 1 aliphatic heterocycles. The lowest BCUT2D eigenvalue weighted by Gasteiger charge is -2.11. The summed E-state index contributed by atoms with van der Waals surface area (Å²) < 4.78 is 22.2. The molecule has 1 heterocycles. The van der Waals surface area contributed by atoms with Crippen LogP contribution in [0.2, 0.25) is 0 Å². The van der Waals surface area contributed by atoms with Gasteiger partial charge in [-0.2, -0.15) is 0 Å². The van der Waals surface area contributed by atoms with Gasteiger partial charge in [-0.15, -0.1) is 0 Å². The molecule has 1 rings (SSSR count). The van der Waals surface area contributed by atoms with E-state index in [0.717, 1.165) is 0 Å². The number of hydrogen-bond acceptors (Lipinski definition) is 4. The summed E-state index contributed by atoms with van der Waals surface area (Å²) >= 11 is 0. The van der Waals surface area contributed by atoms with Crippen LogP contribution in [0.5, 0.6) is 0 Å². The van der Waals surface area contributed by atoms with Crippen LogP contribution in [0.4, 0.5) is 0 Å². The molecule has 1 aliphatic rings. The Hall–Kier alpha value is -0.620. The Morgan fingerprint density at radius 2 is 2.27 bits per heavy atom. The smallest absolute Gasteiger partial charge is 0.306 e. The SMILES string of the molecule is CC(CCNC1CCS(=O)(=O)C1)C(=O)O. The fourth-order valence-electron chi connectivity index (χ4n) is 1.58. The highest BCUT2D eigenvalue weighted by atomic mass is 32.2. The van der Waals surface area contributed by atoms with Crippen molar-refractivity contribution in [3.63, 3.8) is 0 Å². The molecule has 1 fully saturated rings. The summed E-state index contributed by atoms with van der Waals surface area (Å²) in [7, 11) is -2.84. The topological polar surface area (TPSA) is 83.5 Å². The summed E-state index contributed by atoms with van der Waals surface area (Å²) in [4.78, 5) is 10.5. The number of nitrogens with one attached hydrogen (secondary N) is 1. The number of carbonyl (C=O) groups is 1. The Morgan fingerprint density at radius 3 is 2.73 bits per heavy atom. The monoisotopic (exact) mass is 235 g/mol. The van der Waals surface area contributed by atoms with Crippen LogP contribution in [-0.2, 0) is 14.6 Å². The number of aliphatic carboxylic acids is 1. The van der Waals surface area contributed by atoms with Crippen molar-refractivity contribution in [2.24, 2.45) is 5.92 Å². The molecule has 2 atom stereocenters. The fourth-order valence-corrected chi connectivity index (χ4v) is 3.29. The summed E-state index contributed by atoms with van der Waals surface area (Å²) in [5.74, 6) is -0.750. The van der Waals surface area contributed by atoms with Gasteiger partial charge in [-0.1, -0.05) is 6.92 Å². The van der Waals surface area contributed by atoms with E-state index in [1.165, 1.54) is 0 Å². The maximum Gasteiger partial charge on any atom is 0.306 e. The lowest BCUT2D eigenvalue weighted by atomic mass is 10.1. The molecular formula is C9H17NO4S. The molecule has 0 radical (unpaired) electrons. The Labute approximate surface area is 89.8 Å². The van der Waals surface area contributed by atoms with Crippen molar-refractivity contribution in [3.8, 4) is 0 Å². The van der Waals surface area contributed by atoms with Crippen molar-refractivity contribution in [2.75, 3.05) is 18.1 Å². The van der Waals surface area contributed by atoms with Gasteiger partial charge >= 0.3 is 5.97 Å². The van der Waals surface area contributed by atoms with Crippen molar-refractivity contribution < 1.29 is 18.3 Å². The molecule has 88 valence electrons. The Morgan fingerprint density at radius 1 is 1.60 bits per heavy atom. The number of carboxylic acids is 1. The van der Waals surface area contributed by atoms with Crippen molar-refractivity contribution >= 4 is 15.8 Å². The molecule has 0 aromatic heterocycles. The molecule has 0 aromatic carbocycles. The van der Waals surface area contributed by atoms with Crippen molar-refractivity contribution in [1.29, 1.82) is 0 Å². The van der Waals surface area contributed by atoms with Crippen molar-refractivity contribution in [3.05, 3.63) is 0 Å². The predicted octanol–water partition coefficient (Wildman–Crippen LogP) is -0.126. The van der Waals surface area contributed by atoms with Crippen LogP contribution in [0, 0.1) is 5.92 Å². The maximum atomic E-state index is 11.1. The van der Waals surface area contributed by atoms with Gasteiger partial charge in [0, 0.05) is 6.04 Å². The van der Waals surface area contributed by atoms with Gasteiger partial charge in [0.25, 0.3) is 0 Å². The van der Waals surface area contributed by atoms with Gasteiger partial charge in [-0.05, 0) is 19.4 Å². The molecule has 0 saturated carbocycles. The van der Waals surface area contributed by atoms with Gasteiger partial charge in [-0.3, -0.25) is 4.79 Å². The molecule has 0 aliphatic carbocycles. The number of hydrogen-bond donors (Lipinski definition) is 2. The van der Waals surface area contributed by atoms with E-state index in [-0.39, 0.29) is 23.5 Å². The summed E-state index contributed by atoms with van der Waals surface area (Å²) in [6.45, 7) is 2.21. The molecule has 2 N–H and O–H groups in total. The van der Waals surface area contributed by atoms with Crippen LogP contribution in [0.1, 0.15) is 19.8 Å². The second-order valence-electron chi connectivity index (χ2n) is 4.08. The van der Waals surface area contributed by atoms with E-state index < -0.39 is 15.8 Å².